The Morgan fingerprint density at radius 2 is 1.96 bits per heavy atom. The zero-order valence-electron chi connectivity index (χ0n) is 15.3. The van der Waals surface area contributed by atoms with E-state index in [0.717, 1.165) is 43.6 Å². The van der Waals surface area contributed by atoms with Crippen molar-refractivity contribution in [3.63, 3.8) is 0 Å². The number of nitrogens with zero attached hydrogens (tertiary/aromatic N) is 1. The molecule has 1 saturated heterocycles. The standard InChI is InChI=1S/C22H24FNO3/c23-18-8-6-17(7-9-18)22(25)24(19-10-11-19)14-16-3-1-4-20(13-16)27-15-21-5-2-12-26-21/h1,3-4,6-9,13,19,21H,2,5,10-12,14-15H2/t21-/m0/s1. The van der Waals surface area contributed by atoms with Crippen LogP contribution in [0.1, 0.15) is 41.6 Å². The normalized spacial score (nSPS) is 19.1. The summed E-state index contributed by atoms with van der Waals surface area (Å²) in [4.78, 5) is 14.8. The molecule has 1 heterocycles. The summed E-state index contributed by atoms with van der Waals surface area (Å²) in [5, 5.41) is 0. The number of hydrogen-bond donors (Lipinski definition) is 0. The van der Waals surface area contributed by atoms with Crippen LogP contribution < -0.4 is 4.74 Å². The van der Waals surface area contributed by atoms with E-state index in [1.165, 1.54) is 12.1 Å². The molecule has 0 aromatic heterocycles. The summed E-state index contributed by atoms with van der Waals surface area (Å²) in [7, 11) is 0. The van der Waals surface area contributed by atoms with Crippen LogP contribution in [-0.2, 0) is 11.3 Å². The Morgan fingerprint density at radius 3 is 2.67 bits per heavy atom. The fraction of sp³-hybridized carbons (Fsp3) is 0.409. The minimum absolute atomic E-state index is 0.0526. The topological polar surface area (TPSA) is 38.8 Å². The molecule has 5 heteroatoms. The third-order valence-corrected chi connectivity index (χ3v) is 5.05. The second kappa shape index (κ2) is 8.09. The molecule has 0 radical (unpaired) electrons. The first-order valence-electron chi connectivity index (χ1n) is 9.59. The summed E-state index contributed by atoms with van der Waals surface area (Å²) in [6, 6.07) is 13.9. The van der Waals surface area contributed by atoms with E-state index >= 15 is 0 Å². The molecule has 0 unspecified atom stereocenters. The average molecular weight is 369 g/mol. The van der Waals surface area contributed by atoms with Gasteiger partial charge in [-0.3, -0.25) is 4.79 Å². The van der Waals surface area contributed by atoms with Crippen LogP contribution in [0.3, 0.4) is 0 Å². The van der Waals surface area contributed by atoms with Gasteiger partial charge in [0.15, 0.2) is 0 Å². The Bertz CT molecular complexity index is 782. The molecule has 2 aliphatic rings. The van der Waals surface area contributed by atoms with E-state index in [-0.39, 0.29) is 23.9 Å². The molecule has 4 rings (SSSR count). The predicted molar refractivity (Wildman–Crippen MR) is 100 cm³/mol. The van der Waals surface area contributed by atoms with E-state index in [1.54, 1.807) is 12.1 Å². The summed E-state index contributed by atoms with van der Waals surface area (Å²) in [5.74, 6) is 0.414. The zero-order chi connectivity index (χ0) is 18.6. The van der Waals surface area contributed by atoms with E-state index in [9.17, 15) is 9.18 Å². The highest BCUT2D eigenvalue weighted by Gasteiger charge is 2.33. The van der Waals surface area contributed by atoms with Crippen LogP contribution in [0.5, 0.6) is 5.75 Å². The quantitative estimate of drug-likeness (QED) is 0.735. The second-order valence-corrected chi connectivity index (χ2v) is 7.26. The van der Waals surface area contributed by atoms with Crippen LogP contribution in [-0.4, -0.2) is 36.2 Å². The lowest BCUT2D eigenvalue weighted by molar-refractivity contribution is 0.0678. The summed E-state index contributed by atoms with van der Waals surface area (Å²) in [6.07, 6.45) is 4.35. The third-order valence-electron chi connectivity index (χ3n) is 5.05. The van der Waals surface area contributed by atoms with Crippen molar-refractivity contribution in [2.24, 2.45) is 0 Å². The van der Waals surface area contributed by atoms with Crippen molar-refractivity contribution >= 4 is 5.91 Å². The van der Waals surface area contributed by atoms with Crippen LogP contribution in [0.25, 0.3) is 0 Å². The maximum atomic E-state index is 13.2. The van der Waals surface area contributed by atoms with E-state index in [0.29, 0.717) is 18.7 Å². The highest BCUT2D eigenvalue weighted by molar-refractivity contribution is 5.94. The first kappa shape index (κ1) is 18.0. The molecular weight excluding hydrogens is 345 g/mol. The van der Waals surface area contributed by atoms with Crippen molar-refractivity contribution in [1.82, 2.24) is 4.90 Å². The number of benzene rings is 2. The molecule has 2 aromatic rings. The Kier molecular flexibility index (Phi) is 5.39. The first-order chi connectivity index (χ1) is 13.2. The summed E-state index contributed by atoms with van der Waals surface area (Å²) in [5.41, 5.74) is 1.55. The molecule has 4 nitrogen and oxygen atoms in total. The van der Waals surface area contributed by atoms with Crippen molar-refractivity contribution in [1.29, 1.82) is 0 Å². The molecule has 1 saturated carbocycles. The van der Waals surface area contributed by atoms with Gasteiger partial charge in [-0.25, -0.2) is 4.39 Å². The molecular formula is C22H24FNO3. The molecule has 2 aromatic carbocycles. The monoisotopic (exact) mass is 369 g/mol. The van der Waals surface area contributed by atoms with Gasteiger partial charge in [0.05, 0.1) is 6.10 Å². The van der Waals surface area contributed by atoms with Gasteiger partial charge in [0.25, 0.3) is 5.91 Å². The minimum Gasteiger partial charge on any atom is -0.491 e. The van der Waals surface area contributed by atoms with Crippen molar-refractivity contribution in [3.8, 4) is 5.75 Å². The summed E-state index contributed by atoms with van der Waals surface area (Å²) >= 11 is 0. The van der Waals surface area contributed by atoms with Crippen molar-refractivity contribution in [3.05, 3.63) is 65.5 Å². The van der Waals surface area contributed by atoms with Crippen LogP contribution in [0.4, 0.5) is 4.39 Å². The molecule has 1 aliphatic carbocycles. The van der Waals surface area contributed by atoms with E-state index in [2.05, 4.69) is 0 Å². The van der Waals surface area contributed by atoms with E-state index in [1.807, 2.05) is 29.2 Å². The van der Waals surface area contributed by atoms with E-state index in [4.69, 9.17) is 9.47 Å². The Hall–Kier alpha value is -2.40. The highest BCUT2D eigenvalue weighted by atomic mass is 19.1. The maximum absolute atomic E-state index is 13.2. The Balaban J connectivity index is 1.43. The van der Waals surface area contributed by atoms with Gasteiger partial charge in [-0.1, -0.05) is 12.1 Å². The smallest absolute Gasteiger partial charge is 0.254 e. The molecule has 1 aliphatic heterocycles. The highest BCUT2D eigenvalue weighted by Crippen LogP contribution is 2.30. The number of carbonyl (C=O) groups excluding carboxylic acids is 1. The average Bonchev–Trinajstić information content (AvgIpc) is 3.39. The van der Waals surface area contributed by atoms with Gasteiger partial charge in [0, 0.05) is 24.8 Å². The van der Waals surface area contributed by atoms with E-state index < -0.39 is 0 Å². The Labute approximate surface area is 158 Å². The van der Waals surface area contributed by atoms with Crippen LogP contribution in [0.15, 0.2) is 48.5 Å². The number of rotatable bonds is 7. The molecule has 27 heavy (non-hydrogen) atoms. The first-order valence-corrected chi connectivity index (χ1v) is 9.59. The molecule has 0 spiro atoms. The molecule has 2 fully saturated rings. The molecule has 1 atom stereocenters. The second-order valence-electron chi connectivity index (χ2n) is 7.26. The van der Waals surface area contributed by atoms with Gasteiger partial charge >= 0.3 is 0 Å². The number of amides is 1. The van der Waals surface area contributed by atoms with Gasteiger partial charge in [-0.15, -0.1) is 0 Å². The molecule has 142 valence electrons. The fourth-order valence-electron chi connectivity index (χ4n) is 3.41. The maximum Gasteiger partial charge on any atom is 0.254 e. The Morgan fingerprint density at radius 1 is 1.15 bits per heavy atom. The van der Waals surface area contributed by atoms with Crippen molar-refractivity contribution in [2.75, 3.05) is 13.2 Å². The minimum atomic E-state index is -0.333. The van der Waals surface area contributed by atoms with Crippen molar-refractivity contribution < 1.29 is 18.7 Å². The van der Waals surface area contributed by atoms with Gasteiger partial charge < -0.3 is 14.4 Å². The largest absolute Gasteiger partial charge is 0.491 e. The fourth-order valence-corrected chi connectivity index (χ4v) is 3.41. The third kappa shape index (κ3) is 4.66. The van der Waals surface area contributed by atoms with Crippen molar-refractivity contribution in [2.45, 2.75) is 44.4 Å². The molecule has 0 bridgehead atoms. The lowest BCUT2D eigenvalue weighted by Gasteiger charge is -2.23. The van der Waals surface area contributed by atoms with Crippen LogP contribution >= 0.6 is 0 Å². The number of hydrogen-bond acceptors (Lipinski definition) is 3. The number of carbonyl (C=O) groups is 1. The lowest BCUT2D eigenvalue weighted by Crippen LogP contribution is -2.32. The van der Waals surface area contributed by atoms with Gasteiger partial charge in [0.2, 0.25) is 0 Å². The molecule has 0 N–H and O–H groups in total. The SMILES string of the molecule is O=C(c1ccc(F)cc1)N(Cc1cccc(OC[C@@H]2CCCO2)c1)C1CC1. The van der Waals surface area contributed by atoms with Crippen LogP contribution in [0.2, 0.25) is 0 Å². The predicted octanol–water partition coefficient (Wildman–Crippen LogP) is 4.19. The zero-order valence-corrected chi connectivity index (χ0v) is 15.3. The van der Waals surface area contributed by atoms with Gasteiger partial charge in [-0.05, 0) is 67.6 Å². The summed E-state index contributed by atoms with van der Waals surface area (Å²) < 4.78 is 24.6. The molecule has 1 amide bonds. The summed E-state index contributed by atoms with van der Waals surface area (Å²) in [6.45, 7) is 1.90. The van der Waals surface area contributed by atoms with Gasteiger partial charge in [-0.2, -0.15) is 0 Å². The lowest BCUT2D eigenvalue weighted by atomic mass is 10.1. The number of ether oxygens (including phenoxy) is 2. The van der Waals surface area contributed by atoms with Gasteiger partial charge in [0.1, 0.15) is 18.2 Å². The number of halogens is 1. The van der Waals surface area contributed by atoms with Crippen LogP contribution in [0, 0.1) is 5.82 Å².